The van der Waals surface area contributed by atoms with Crippen LogP contribution in [-0.2, 0) is 23.6 Å². The third kappa shape index (κ3) is 3.07. The maximum Gasteiger partial charge on any atom is 0.244 e. The number of rotatable bonds is 5. The molecule has 8 heteroatoms. The summed E-state index contributed by atoms with van der Waals surface area (Å²) in [6.07, 6.45) is 4.40. The lowest BCUT2D eigenvalue weighted by Crippen LogP contribution is -2.22. The number of thiophene rings is 1. The van der Waals surface area contributed by atoms with Crippen molar-refractivity contribution in [1.29, 1.82) is 0 Å². The first-order valence-corrected chi connectivity index (χ1v) is 8.50. The molecule has 0 radical (unpaired) electrons. The van der Waals surface area contributed by atoms with E-state index < -0.39 is 10.0 Å². The Hall–Kier alpha value is -1.90. The van der Waals surface area contributed by atoms with E-state index in [-0.39, 0.29) is 11.4 Å². The van der Waals surface area contributed by atoms with E-state index in [1.54, 1.807) is 13.3 Å². The number of aryl methyl sites for hydroxylation is 1. The second-order valence-electron chi connectivity index (χ2n) is 4.45. The van der Waals surface area contributed by atoms with Gasteiger partial charge in [-0.2, -0.15) is 5.10 Å². The molecule has 3 aromatic heterocycles. The van der Waals surface area contributed by atoms with Crippen LogP contribution in [0.2, 0.25) is 0 Å². The van der Waals surface area contributed by atoms with Crippen LogP contribution < -0.4 is 4.72 Å². The number of aromatic nitrogens is 2. The molecule has 110 valence electrons. The Labute approximate surface area is 126 Å². The first kappa shape index (κ1) is 14.1. The molecule has 0 aliphatic rings. The highest BCUT2D eigenvalue weighted by Gasteiger charge is 2.16. The summed E-state index contributed by atoms with van der Waals surface area (Å²) in [6.45, 7) is 0.239. The van der Waals surface area contributed by atoms with E-state index in [4.69, 9.17) is 4.42 Å². The molecule has 0 amide bonds. The minimum atomic E-state index is -3.53. The number of sulfonamides is 1. The number of nitrogens with zero attached hydrogens (tertiary/aromatic N) is 2. The van der Waals surface area contributed by atoms with Gasteiger partial charge in [0.2, 0.25) is 10.0 Å². The van der Waals surface area contributed by atoms with Crippen molar-refractivity contribution < 1.29 is 12.8 Å². The van der Waals surface area contributed by atoms with Crippen LogP contribution in [0.1, 0.15) is 4.88 Å². The van der Waals surface area contributed by atoms with Gasteiger partial charge in [-0.1, -0.05) is 0 Å². The van der Waals surface area contributed by atoms with E-state index in [9.17, 15) is 8.42 Å². The van der Waals surface area contributed by atoms with Gasteiger partial charge in [0.15, 0.2) is 0 Å². The van der Waals surface area contributed by atoms with Gasteiger partial charge in [0.05, 0.1) is 12.5 Å². The van der Waals surface area contributed by atoms with Crippen LogP contribution in [0, 0.1) is 0 Å². The van der Waals surface area contributed by atoms with Gasteiger partial charge in [-0.15, -0.1) is 11.3 Å². The molecule has 3 rings (SSSR count). The predicted octanol–water partition coefficient (Wildman–Crippen LogP) is 2.22. The Morgan fingerprint density at radius 3 is 3.00 bits per heavy atom. The fraction of sp³-hybridized carbons (Fsp3) is 0.154. The Kier molecular flexibility index (Phi) is 3.66. The fourth-order valence-electron chi connectivity index (χ4n) is 1.83. The molecule has 0 aromatic carbocycles. The molecule has 6 nitrogen and oxygen atoms in total. The van der Waals surface area contributed by atoms with Crippen molar-refractivity contribution in [2.45, 2.75) is 11.4 Å². The quantitative estimate of drug-likeness (QED) is 0.781. The Morgan fingerprint density at radius 1 is 1.48 bits per heavy atom. The second kappa shape index (κ2) is 5.47. The zero-order chi connectivity index (χ0) is 14.9. The molecule has 0 saturated carbocycles. The maximum atomic E-state index is 12.1. The van der Waals surface area contributed by atoms with Gasteiger partial charge >= 0.3 is 0 Å². The molecule has 0 aliphatic heterocycles. The van der Waals surface area contributed by atoms with E-state index >= 15 is 0 Å². The van der Waals surface area contributed by atoms with Crippen molar-refractivity contribution in [3.63, 3.8) is 0 Å². The zero-order valence-electron chi connectivity index (χ0n) is 11.2. The van der Waals surface area contributed by atoms with Gasteiger partial charge in [0.1, 0.15) is 10.7 Å². The van der Waals surface area contributed by atoms with Crippen LogP contribution in [0.4, 0.5) is 0 Å². The van der Waals surface area contributed by atoms with E-state index in [2.05, 4.69) is 9.82 Å². The van der Waals surface area contributed by atoms with Gasteiger partial charge in [0, 0.05) is 35.6 Å². The lowest BCUT2D eigenvalue weighted by atomic mass is 10.2. The van der Waals surface area contributed by atoms with Crippen LogP contribution in [0.25, 0.3) is 11.3 Å². The molecular weight excluding hydrogens is 310 g/mol. The molecule has 0 saturated heterocycles. The molecular formula is C13H13N3O3S2. The van der Waals surface area contributed by atoms with Crippen LogP contribution in [0.3, 0.4) is 0 Å². The number of hydrogen-bond donors (Lipinski definition) is 1. The molecule has 0 bridgehead atoms. The summed E-state index contributed by atoms with van der Waals surface area (Å²) in [5, 5.41) is 5.80. The SMILES string of the molecule is Cn1cc(S(=O)(=O)NCc2cc(-c3ccco3)cs2)cn1. The number of hydrogen-bond acceptors (Lipinski definition) is 5. The predicted molar refractivity (Wildman–Crippen MR) is 79.3 cm³/mol. The molecule has 0 fully saturated rings. The molecule has 3 aromatic rings. The summed E-state index contributed by atoms with van der Waals surface area (Å²) in [6, 6.07) is 5.60. The average Bonchev–Trinajstić information content (AvgIpc) is 3.17. The standard InChI is InChI=1S/C13H13N3O3S2/c1-16-8-12(7-14-16)21(17,18)15-6-11-5-10(9-20-11)13-3-2-4-19-13/h2-5,7-9,15H,6H2,1H3. The van der Waals surface area contributed by atoms with Crippen molar-refractivity contribution in [2.24, 2.45) is 7.05 Å². The summed E-state index contributed by atoms with van der Waals surface area (Å²) in [5.41, 5.74) is 0.945. The fourth-order valence-corrected chi connectivity index (χ4v) is 3.73. The van der Waals surface area contributed by atoms with Crippen LogP contribution in [0.15, 0.2) is 51.5 Å². The summed E-state index contributed by atoms with van der Waals surface area (Å²) in [5.74, 6) is 0.771. The molecule has 1 N–H and O–H groups in total. The van der Waals surface area contributed by atoms with E-state index in [0.29, 0.717) is 0 Å². The van der Waals surface area contributed by atoms with Crippen molar-refractivity contribution in [3.8, 4) is 11.3 Å². The van der Waals surface area contributed by atoms with E-state index in [0.717, 1.165) is 16.2 Å². The average molecular weight is 323 g/mol. The topological polar surface area (TPSA) is 77.1 Å². The lowest BCUT2D eigenvalue weighted by molar-refractivity contribution is 0.581. The minimum absolute atomic E-state index is 0.160. The van der Waals surface area contributed by atoms with Crippen molar-refractivity contribution in [1.82, 2.24) is 14.5 Å². The smallest absolute Gasteiger partial charge is 0.244 e. The van der Waals surface area contributed by atoms with Crippen LogP contribution >= 0.6 is 11.3 Å². The molecule has 0 unspecified atom stereocenters. The van der Waals surface area contributed by atoms with E-state index in [1.165, 1.54) is 28.4 Å². The highest BCUT2D eigenvalue weighted by atomic mass is 32.2. The third-order valence-corrected chi connectivity index (χ3v) is 5.18. The molecule has 0 atom stereocenters. The monoisotopic (exact) mass is 323 g/mol. The lowest BCUT2D eigenvalue weighted by Gasteiger charge is -2.02. The Morgan fingerprint density at radius 2 is 2.33 bits per heavy atom. The highest BCUT2D eigenvalue weighted by Crippen LogP contribution is 2.26. The third-order valence-electron chi connectivity index (χ3n) is 2.89. The van der Waals surface area contributed by atoms with Gasteiger partial charge in [-0.3, -0.25) is 4.68 Å². The van der Waals surface area contributed by atoms with Gasteiger partial charge in [-0.05, 0) is 18.2 Å². The summed E-state index contributed by atoms with van der Waals surface area (Å²) in [7, 11) is -1.86. The molecule has 0 spiro atoms. The molecule has 3 heterocycles. The van der Waals surface area contributed by atoms with Crippen LogP contribution in [0.5, 0.6) is 0 Å². The second-order valence-corrected chi connectivity index (χ2v) is 7.22. The van der Waals surface area contributed by atoms with Gasteiger partial charge in [0.25, 0.3) is 0 Å². The Balaban J connectivity index is 1.71. The first-order valence-electron chi connectivity index (χ1n) is 6.14. The van der Waals surface area contributed by atoms with Crippen molar-refractivity contribution >= 4 is 21.4 Å². The largest absolute Gasteiger partial charge is 0.464 e. The normalized spacial score (nSPS) is 11.9. The number of nitrogens with one attached hydrogen (secondary N) is 1. The molecule has 21 heavy (non-hydrogen) atoms. The van der Waals surface area contributed by atoms with Crippen LogP contribution in [-0.4, -0.2) is 18.2 Å². The maximum absolute atomic E-state index is 12.1. The minimum Gasteiger partial charge on any atom is -0.464 e. The Bertz CT molecular complexity index is 832. The summed E-state index contributed by atoms with van der Waals surface area (Å²) < 4.78 is 33.5. The van der Waals surface area contributed by atoms with Crippen molar-refractivity contribution in [2.75, 3.05) is 0 Å². The summed E-state index contributed by atoms with van der Waals surface area (Å²) >= 11 is 1.48. The van der Waals surface area contributed by atoms with Gasteiger partial charge in [-0.25, -0.2) is 13.1 Å². The number of furan rings is 1. The van der Waals surface area contributed by atoms with Crippen molar-refractivity contribution in [3.05, 3.63) is 47.1 Å². The van der Waals surface area contributed by atoms with Gasteiger partial charge < -0.3 is 4.42 Å². The summed E-state index contributed by atoms with van der Waals surface area (Å²) in [4.78, 5) is 1.07. The highest BCUT2D eigenvalue weighted by molar-refractivity contribution is 7.89. The van der Waals surface area contributed by atoms with E-state index in [1.807, 2.05) is 23.6 Å². The zero-order valence-corrected chi connectivity index (χ0v) is 12.8. The molecule has 0 aliphatic carbocycles. The first-order chi connectivity index (χ1) is 10.0.